The van der Waals surface area contributed by atoms with E-state index in [1.54, 1.807) is 12.1 Å². The number of hydrogen-bond acceptors (Lipinski definition) is 3. The average molecular weight is 371 g/mol. The van der Waals surface area contributed by atoms with Gasteiger partial charge in [0.2, 0.25) is 0 Å². The Morgan fingerprint density at radius 2 is 1.56 bits per heavy atom. The number of aromatic carboxylic acids is 1. The van der Waals surface area contributed by atoms with Crippen molar-refractivity contribution in [1.29, 1.82) is 0 Å². The fourth-order valence-corrected chi connectivity index (χ4v) is 4.33. The highest BCUT2D eigenvalue weighted by Gasteiger charge is 2.18. The molecule has 0 saturated heterocycles. The van der Waals surface area contributed by atoms with Gasteiger partial charge >= 0.3 is 5.97 Å². The lowest BCUT2D eigenvalue weighted by Crippen LogP contribution is -1.99. The van der Waals surface area contributed by atoms with Crippen LogP contribution in [0.1, 0.15) is 16.1 Å². The minimum absolute atomic E-state index is 0.300. The summed E-state index contributed by atoms with van der Waals surface area (Å²) >= 11 is 1.46. The summed E-state index contributed by atoms with van der Waals surface area (Å²) in [6.45, 7) is 1.98. The van der Waals surface area contributed by atoms with Crippen LogP contribution in [0, 0.1) is 6.92 Å². The predicted octanol–water partition coefficient (Wildman–Crippen LogP) is 6.06. The molecule has 3 aromatic carbocycles. The van der Waals surface area contributed by atoms with Crippen molar-refractivity contribution in [2.24, 2.45) is 0 Å². The van der Waals surface area contributed by atoms with Gasteiger partial charge in [0.15, 0.2) is 0 Å². The monoisotopic (exact) mass is 371 g/mol. The number of aromatic nitrogens is 1. The molecule has 0 atom stereocenters. The van der Waals surface area contributed by atoms with E-state index in [9.17, 15) is 9.90 Å². The van der Waals surface area contributed by atoms with Gasteiger partial charge in [-0.3, -0.25) is 4.98 Å². The van der Waals surface area contributed by atoms with Crippen molar-refractivity contribution in [2.45, 2.75) is 16.7 Å². The zero-order valence-corrected chi connectivity index (χ0v) is 15.5. The van der Waals surface area contributed by atoms with Crippen molar-refractivity contribution < 1.29 is 9.90 Å². The number of para-hydroxylation sites is 1. The molecule has 0 amide bonds. The normalized spacial score (nSPS) is 10.9. The van der Waals surface area contributed by atoms with Crippen LogP contribution in [-0.2, 0) is 0 Å². The lowest BCUT2D eigenvalue weighted by molar-refractivity contribution is 0.0693. The van der Waals surface area contributed by atoms with Gasteiger partial charge in [-0.15, -0.1) is 0 Å². The van der Waals surface area contributed by atoms with Gasteiger partial charge in [-0.1, -0.05) is 72.4 Å². The second kappa shape index (κ2) is 7.25. The number of nitrogens with zero attached hydrogens (tertiary/aromatic N) is 1. The molecule has 1 heterocycles. The van der Waals surface area contributed by atoms with Gasteiger partial charge < -0.3 is 5.11 Å². The van der Waals surface area contributed by atoms with Gasteiger partial charge in [-0.05, 0) is 30.7 Å². The third-order valence-corrected chi connectivity index (χ3v) is 5.69. The van der Waals surface area contributed by atoms with E-state index in [2.05, 4.69) is 18.2 Å². The number of carbonyl (C=O) groups is 1. The Morgan fingerprint density at radius 1 is 0.889 bits per heavy atom. The van der Waals surface area contributed by atoms with E-state index in [0.717, 1.165) is 32.6 Å². The third-order valence-electron chi connectivity index (χ3n) is 4.41. The Hall–Kier alpha value is -3.11. The van der Waals surface area contributed by atoms with Crippen LogP contribution in [0.3, 0.4) is 0 Å². The SMILES string of the molecule is Cc1nc2ccccc2c(-c2ccccc2)c1Sc1ccccc1C(=O)O. The van der Waals surface area contributed by atoms with Crippen LogP contribution in [0.25, 0.3) is 22.0 Å². The van der Waals surface area contributed by atoms with Gasteiger partial charge in [-0.2, -0.15) is 0 Å². The Bertz CT molecular complexity index is 1140. The molecule has 0 aliphatic rings. The second-order valence-electron chi connectivity index (χ2n) is 6.19. The van der Waals surface area contributed by atoms with Crippen molar-refractivity contribution in [1.82, 2.24) is 4.98 Å². The molecule has 4 heteroatoms. The first-order valence-electron chi connectivity index (χ1n) is 8.60. The number of rotatable bonds is 4. The molecule has 0 saturated carbocycles. The molecule has 1 aromatic heterocycles. The number of aryl methyl sites for hydroxylation is 1. The summed E-state index contributed by atoms with van der Waals surface area (Å²) in [5.41, 5.74) is 4.30. The molecule has 4 aromatic rings. The number of benzene rings is 3. The Morgan fingerprint density at radius 3 is 2.33 bits per heavy atom. The van der Waals surface area contributed by atoms with Gasteiger partial charge in [-0.25, -0.2) is 4.79 Å². The number of hydrogen-bond donors (Lipinski definition) is 1. The number of pyridine rings is 1. The van der Waals surface area contributed by atoms with E-state index >= 15 is 0 Å². The van der Waals surface area contributed by atoms with E-state index < -0.39 is 5.97 Å². The first-order valence-corrected chi connectivity index (χ1v) is 9.42. The van der Waals surface area contributed by atoms with Gasteiger partial charge in [0.05, 0.1) is 16.8 Å². The molecule has 0 aliphatic carbocycles. The van der Waals surface area contributed by atoms with Gasteiger partial charge in [0, 0.05) is 20.7 Å². The van der Waals surface area contributed by atoms with E-state index in [4.69, 9.17) is 4.98 Å². The van der Waals surface area contributed by atoms with E-state index in [0.29, 0.717) is 10.5 Å². The van der Waals surface area contributed by atoms with Crippen LogP contribution >= 0.6 is 11.8 Å². The van der Waals surface area contributed by atoms with Crippen molar-refractivity contribution >= 4 is 28.6 Å². The molecule has 27 heavy (non-hydrogen) atoms. The summed E-state index contributed by atoms with van der Waals surface area (Å²) in [5.74, 6) is -0.925. The Kier molecular flexibility index (Phi) is 4.65. The number of carboxylic acid groups (broad SMARTS) is 1. The lowest BCUT2D eigenvalue weighted by Gasteiger charge is -2.16. The minimum atomic E-state index is -0.925. The van der Waals surface area contributed by atoms with Crippen LogP contribution in [-0.4, -0.2) is 16.1 Å². The standard InChI is InChI=1S/C23H17NO2S/c1-15-22(27-20-14-8-6-12-18(20)23(25)26)21(16-9-3-2-4-10-16)17-11-5-7-13-19(17)24-15/h2-14H,1H3,(H,25,26). The largest absolute Gasteiger partial charge is 0.478 e. The van der Waals surface area contributed by atoms with Crippen molar-refractivity contribution in [3.8, 4) is 11.1 Å². The van der Waals surface area contributed by atoms with E-state index in [-0.39, 0.29) is 0 Å². The van der Waals surface area contributed by atoms with Crippen molar-refractivity contribution in [2.75, 3.05) is 0 Å². The highest BCUT2D eigenvalue weighted by atomic mass is 32.2. The summed E-state index contributed by atoms with van der Waals surface area (Å²) in [6, 6.07) is 25.3. The molecular weight excluding hydrogens is 354 g/mol. The molecule has 0 spiro atoms. The first kappa shape index (κ1) is 17.3. The summed E-state index contributed by atoms with van der Waals surface area (Å²) in [4.78, 5) is 18.1. The fraction of sp³-hybridized carbons (Fsp3) is 0.0435. The Labute approximate surface area is 161 Å². The first-order chi connectivity index (χ1) is 13.1. The topological polar surface area (TPSA) is 50.2 Å². The summed E-state index contributed by atoms with van der Waals surface area (Å²) in [6.07, 6.45) is 0. The molecule has 0 fully saturated rings. The third kappa shape index (κ3) is 3.32. The molecule has 4 rings (SSSR count). The molecular formula is C23H17NO2S. The second-order valence-corrected chi connectivity index (χ2v) is 7.24. The lowest BCUT2D eigenvalue weighted by atomic mass is 10.00. The molecule has 0 unspecified atom stereocenters. The van der Waals surface area contributed by atoms with Gasteiger partial charge in [0.1, 0.15) is 0 Å². The van der Waals surface area contributed by atoms with Crippen LogP contribution in [0.5, 0.6) is 0 Å². The quantitative estimate of drug-likeness (QED) is 0.474. The summed E-state index contributed by atoms with van der Waals surface area (Å²) in [5, 5.41) is 10.6. The predicted molar refractivity (Wildman–Crippen MR) is 109 cm³/mol. The number of carboxylic acids is 1. The van der Waals surface area contributed by atoms with E-state index in [1.807, 2.05) is 55.5 Å². The summed E-state index contributed by atoms with van der Waals surface area (Å²) in [7, 11) is 0. The fourth-order valence-electron chi connectivity index (χ4n) is 3.18. The number of fused-ring (bicyclic) bond motifs is 1. The maximum atomic E-state index is 11.6. The zero-order chi connectivity index (χ0) is 18.8. The minimum Gasteiger partial charge on any atom is -0.478 e. The average Bonchev–Trinajstić information content (AvgIpc) is 2.69. The van der Waals surface area contributed by atoms with Crippen molar-refractivity contribution in [3.63, 3.8) is 0 Å². The van der Waals surface area contributed by atoms with Crippen LogP contribution in [0.4, 0.5) is 0 Å². The molecule has 0 radical (unpaired) electrons. The van der Waals surface area contributed by atoms with Crippen LogP contribution in [0.15, 0.2) is 88.7 Å². The Balaban J connectivity index is 1.98. The maximum absolute atomic E-state index is 11.6. The maximum Gasteiger partial charge on any atom is 0.336 e. The molecule has 1 N–H and O–H groups in total. The molecule has 132 valence electrons. The highest BCUT2D eigenvalue weighted by molar-refractivity contribution is 7.99. The highest BCUT2D eigenvalue weighted by Crippen LogP contribution is 2.42. The smallest absolute Gasteiger partial charge is 0.336 e. The molecule has 0 aliphatic heterocycles. The van der Waals surface area contributed by atoms with Crippen LogP contribution in [0.2, 0.25) is 0 Å². The van der Waals surface area contributed by atoms with Crippen molar-refractivity contribution in [3.05, 3.63) is 90.1 Å². The zero-order valence-electron chi connectivity index (χ0n) is 14.7. The van der Waals surface area contributed by atoms with Gasteiger partial charge in [0.25, 0.3) is 0 Å². The van der Waals surface area contributed by atoms with Crippen LogP contribution < -0.4 is 0 Å². The van der Waals surface area contributed by atoms with E-state index in [1.165, 1.54) is 11.8 Å². The molecule has 3 nitrogen and oxygen atoms in total. The summed E-state index contributed by atoms with van der Waals surface area (Å²) < 4.78 is 0. The molecule has 0 bridgehead atoms.